The maximum atomic E-state index is 13.6. The second kappa shape index (κ2) is 12.5. The average Bonchev–Trinajstić information content (AvgIpc) is 2.91. The summed E-state index contributed by atoms with van der Waals surface area (Å²) in [4.78, 5) is 26.9. The van der Waals surface area contributed by atoms with Crippen LogP contribution in [0.25, 0.3) is 0 Å². The number of nitrogens with one attached hydrogen (secondary N) is 2. The Balaban J connectivity index is 1.55. The molecule has 0 aliphatic heterocycles. The monoisotopic (exact) mass is 476 g/mol. The van der Waals surface area contributed by atoms with Crippen molar-refractivity contribution in [3.05, 3.63) is 138 Å². The molecule has 0 saturated carbocycles. The number of para-hydroxylation sites is 1. The molecular formula is C32H32N2O2. The van der Waals surface area contributed by atoms with E-state index in [1.54, 1.807) is 0 Å². The van der Waals surface area contributed by atoms with Crippen molar-refractivity contribution in [3.8, 4) is 0 Å². The first-order chi connectivity index (χ1) is 17.6. The number of rotatable bonds is 10. The summed E-state index contributed by atoms with van der Waals surface area (Å²) in [6.07, 6.45) is 1.76. The first-order valence-electron chi connectivity index (χ1n) is 12.5. The number of hydrogen-bond acceptors (Lipinski definition) is 2. The zero-order valence-corrected chi connectivity index (χ0v) is 20.6. The van der Waals surface area contributed by atoms with Crippen molar-refractivity contribution in [2.45, 2.75) is 38.1 Å². The van der Waals surface area contributed by atoms with Crippen LogP contribution in [0, 0.1) is 0 Å². The molecule has 2 atom stereocenters. The topological polar surface area (TPSA) is 58.2 Å². The van der Waals surface area contributed by atoms with Crippen molar-refractivity contribution in [1.29, 1.82) is 0 Å². The highest BCUT2D eigenvalue weighted by Gasteiger charge is 2.26. The highest BCUT2D eigenvalue weighted by molar-refractivity contribution is 5.98. The van der Waals surface area contributed by atoms with Crippen LogP contribution in [0.15, 0.2) is 115 Å². The molecule has 2 unspecified atom stereocenters. The highest BCUT2D eigenvalue weighted by Crippen LogP contribution is 2.22. The summed E-state index contributed by atoms with van der Waals surface area (Å²) in [5.74, 6) is -0.685. The summed E-state index contributed by atoms with van der Waals surface area (Å²) in [7, 11) is 0. The van der Waals surface area contributed by atoms with Crippen LogP contribution < -0.4 is 10.6 Å². The summed E-state index contributed by atoms with van der Waals surface area (Å²) < 4.78 is 0. The molecule has 4 heteroatoms. The SMILES string of the molecule is CCC(C(=O)NC(Cc1ccccc1)C(=O)Nc1ccccc1Cc1ccccc1)c1ccccc1. The highest BCUT2D eigenvalue weighted by atomic mass is 16.2. The number of hydrogen-bond donors (Lipinski definition) is 2. The lowest BCUT2D eigenvalue weighted by Crippen LogP contribution is -2.47. The van der Waals surface area contributed by atoms with Gasteiger partial charge in [-0.15, -0.1) is 0 Å². The number of carbonyl (C=O) groups is 2. The molecule has 0 radical (unpaired) electrons. The fourth-order valence-corrected chi connectivity index (χ4v) is 4.42. The molecule has 0 fully saturated rings. The van der Waals surface area contributed by atoms with E-state index < -0.39 is 6.04 Å². The normalized spacial score (nSPS) is 12.4. The van der Waals surface area contributed by atoms with Crippen LogP contribution in [0.3, 0.4) is 0 Å². The zero-order valence-electron chi connectivity index (χ0n) is 20.6. The van der Waals surface area contributed by atoms with E-state index in [1.807, 2.05) is 110 Å². The quantitative estimate of drug-likeness (QED) is 0.289. The lowest BCUT2D eigenvalue weighted by molar-refractivity contribution is -0.127. The Morgan fingerprint density at radius 1 is 0.667 bits per heavy atom. The van der Waals surface area contributed by atoms with Crippen molar-refractivity contribution in [2.75, 3.05) is 5.32 Å². The fraction of sp³-hybridized carbons (Fsp3) is 0.188. The van der Waals surface area contributed by atoms with Gasteiger partial charge in [-0.25, -0.2) is 0 Å². The number of amides is 2. The van der Waals surface area contributed by atoms with Crippen LogP contribution in [0.5, 0.6) is 0 Å². The first kappa shape index (κ1) is 24.9. The van der Waals surface area contributed by atoms with Crippen molar-refractivity contribution in [3.63, 3.8) is 0 Å². The molecule has 0 aliphatic carbocycles. The van der Waals surface area contributed by atoms with Crippen molar-refractivity contribution < 1.29 is 9.59 Å². The molecule has 4 nitrogen and oxygen atoms in total. The van der Waals surface area contributed by atoms with Crippen molar-refractivity contribution >= 4 is 17.5 Å². The lowest BCUT2D eigenvalue weighted by atomic mass is 9.94. The minimum Gasteiger partial charge on any atom is -0.343 e. The number of anilines is 1. The second-order valence-electron chi connectivity index (χ2n) is 8.93. The minimum absolute atomic E-state index is 0.141. The molecule has 0 heterocycles. The van der Waals surface area contributed by atoms with Crippen LogP contribution in [-0.4, -0.2) is 17.9 Å². The van der Waals surface area contributed by atoms with Gasteiger partial charge in [0.25, 0.3) is 0 Å². The molecule has 4 aromatic carbocycles. The van der Waals surface area contributed by atoms with Gasteiger partial charge in [-0.2, -0.15) is 0 Å². The van der Waals surface area contributed by atoms with Crippen molar-refractivity contribution in [2.24, 2.45) is 0 Å². The van der Waals surface area contributed by atoms with Gasteiger partial charge in [0.15, 0.2) is 0 Å². The Kier molecular flexibility index (Phi) is 8.66. The summed E-state index contributed by atoms with van der Waals surface area (Å²) >= 11 is 0. The second-order valence-corrected chi connectivity index (χ2v) is 8.93. The van der Waals surface area contributed by atoms with Crippen LogP contribution in [0.1, 0.15) is 41.5 Å². The van der Waals surface area contributed by atoms with Gasteiger partial charge < -0.3 is 10.6 Å². The summed E-state index contributed by atoms with van der Waals surface area (Å²) in [5, 5.41) is 6.15. The molecule has 36 heavy (non-hydrogen) atoms. The molecule has 0 aliphatic rings. The third-order valence-electron chi connectivity index (χ3n) is 6.35. The molecule has 4 rings (SSSR count). The number of benzene rings is 4. The van der Waals surface area contributed by atoms with E-state index in [4.69, 9.17) is 0 Å². The summed E-state index contributed by atoms with van der Waals surface area (Å²) in [6.45, 7) is 1.99. The summed E-state index contributed by atoms with van der Waals surface area (Å²) in [6, 6.07) is 36.8. The maximum absolute atomic E-state index is 13.6. The molecule has 2 amide bonds. The van der Waals surface area contributed by atoms with Gasteiger partial charge in [0.1, 0.15) is 6.04 Å². The standard InChI is InChI=1S/C32H32N2O2/c1-2-28(26-18-10-5-11-19-26)31(35)34-30(23-25-16-8-4-9-17-25)32(36)33-29-21-13-12-20-27(29)22-24-14-6-3-7-15-24/h3-21,28,30H,2,22-23H2,1H3,(H,33,36)(H,34,35). The molecule has 0 spiro atoms. The van der Waals surface area contributed by atoms with Gasteiger partial charge in [0, 0.05) is 12.1 Å². The van der Waals surface area contributed by atoms with E-state index in [2.05, 4.69) is 22.8 Å². The molecule has 0 bridgehead atoms. The van der Waals surface area contributed by atoms with Gasteiger partial charge in [-0.3, -0.25) is 9.59 Å². The number of carbonyl (C=O) groups excluding carboxylic acids is 2. The van der Waals surface area contributed by atoms with Gasteiger partial charge >= 0.3 is 0 Å². The van der Waals surface area contributed by atoms with E-state index in [0.29, 0.717) is 19.3 Å². The van der Waals surface area contributed by atoms with E-state index in [1.165, 1.54) is 5.56 Å². The van der Waals surface area contributed by atoms with Crippen LogP contribution >= 0.6 is 0 Å². The fourth-order valence-electron chi connectivity index (χ4n) is 4.42. The largest absolute Gasteiger partial charge is 0.343 e. The van der Waals surface area contributed by atoms with E-state index in [9.17, 15) is 9.59 Å². The van der Waals surface area contributed by atoms with Crippen LogP contribution in [-0.2, 0) is 22.4 Å². The minimum atomic E-state index is -0.706. The first-order valence-corrected chi connectivity index (χ1v) is 12.5. The Morgan fingerprint density at radius 3 is 1.86 bits per heavy atom. The van der Waals surface area contributed by atoms with Gasteiger partial charge in [0.05, 0.1) is 5.92 Å². The molecule has 4 aromatic rings. The smallest absolute Gasteiger partial charge is 0.247 e. The molecular weight excluding hydrogens is 444 g/mol. The van der Waals surface area contributed by atoms with Gasteiger partial charge in [-0.1, -0.05) is 116 Å². The Bertz CT molecular complexity index is 1260. The van der Waals surface area contributed by atoms with Crippen LogP contribution in [0.4, 0.5) is 5.69 Å². The van der Waals surface area contributed by atoms with Crippen molar-refractivity contribution in [1.82, 2.24) is 5.32 Å². The van der Waals surface area contributed by atoms with Gasteiger partial charge in [0.2, 0.25) is 11.8 Å². The molecule has 0 aromatic heterocycles. The maximum Gasteiger partial charge on any atom is 0.247 e. The summed E-state index contributed by atoms with van der Waals surface area (Å²) in [5.41, 5.74) is 4.89. The predicted molar refractivity (Wildman–Crippen MR) is 146 cm³/mol. The van der Waals surface area contributed by atoms with E-state index >= 15 is 0 Å². The molecule has 2 N–H and O–H groups in total. The zero-order chi connectivity index (χ0) is 25.2. The third kappa shape index (κ3) is 6.70. The Hall–Kier alpha value is -4.18. The Morgan fingerprint density at radius 2 is 1.22 bits per heavy atom. The predicted octanol–water partition coefficient (Wildman–Crippen LogP) is 6.14. The van der Waals surface area contributed by atoms with E-state index in [-0.39, 0.29) is 17.7 Å². The third-order valence-corrected chi connectivity index (χ3v) is 6.35. The van der Waals surface area contributed by atoms with Crippen LogP contribution in [0.2, 0.25) is 0 Å². The average molecular weight is 477 g/mol. The Labute approximate surface area is 213 Å². The molecule has 182 valence electrons. The lowest BCUT2D eigenvalue weighted by Gasteiger charge is -2.23. The molecule has 0 saturated heterocycles. The van der Waals surface area contributed by atoms with Gasteiger partial charge in [-0.05, 0) is 41.2 Å². The van der Waals surface area contributed by atoms with E-state index in [0.717, 1.165) is 22.4 Å².